The van der Waals surface area contributed by atoms with E-state index in [-0.39, 0.29) is 10.7 Å². The van der Waals surface area contributed by atoms with Gasteiger partial charge in [0.1, 0.15) is 0 Å². The van der Waals surface area contributed by atoms with Crippen LogP contribution in [0.15, 0.2) is 47.6 Å². The van der Waals surface area contributed by atoms with Gasteiger partial charge in [-0.1, -0.05) is 23.7 Å². The molecule has 2 aromatic carbocycles. The molecule has 0 fully saturated rings. The van der Waals surface area contributed by atoms with Crippen molar-refractivity contribution in [3.63, 3.8) is 0 Å². The van der Waals surface area contributed by atoms with Crippen molar-refractivity contribution in [3.05, 3.63) is 64.2 Å². The van der Waals surface area contributed by atoms with Crippen molar-refractivity contribution in [2.24, 2.45) is 5.10 Å². The zero-order chi connectivity index (χ0) is 17.7. The Morgan fingerprint density at radius 1 is 1.21 bits per heavy atom. The molecule has 1 N–H and O–H groups in total. The molecule has 4 nitrogen and oxygen atoms in total. The van der Waals surface area contributed by atoms with E-state index < -0.39 is 17.7 Å². The van der Waals surface area contributed by atoms with Gasteiger partial charge in [0.15, 0.2) is 0 Å². The van der Waals surface area contributed by atoms with Gasteiger partial charge in [-0.05, 0) is 35.9 Å². The summed E-state index contributed by atoms with van der Waals surface area (Å²) in [6.07, 6.45) is -3.08. The number of alkyl halides is 3. The number of hydrogen-bond acceptors (Lipinski definition) is 4. The lowest BCUT2D eigenvalue weighted by molar-refractivity contribution is -0.137. The molecule has 2 rings (SSSR count). The second-order valence-electron chi connectivity index (χ2n) is 4.68. The standard InChI is InChI=1S/C16H12ClF3N2O2/c1-24-15(23)11-4-2-10(3-5-11)9-21-22-14-8-12(16(18,19)20)6-7-13(14)17/h2-9,22H,1H3/b21-9+. The van der Waals surface area contributed by atoms with Crippen molar-refractivity contribution in [3.8, 4) is 0 Å². The number of ether oxygens (including phenoxy) is 1. The minimum absolute atomic E-state index is 0.0360. The first-order valence-corrected chi connectivity index (χ1v) is 7.03. The summed E-state index contributed by atoms with van der Waals surface area (Å²) in [7, 11) is 1.28. The Kier molecular flexibility index (Phi) is 5.46. The van der Waals surface area contributed by atoms with Gasteiger partial charge in [0.2, 0.25) is 0 Å². The molecule has 0 aliphatic rings. The molecule has 0 radical (unpaired) electrons. The fraction of sp³-hybridized carbons (Fsp3) is 0.125. The lowest BCUT2D eigenvalue weighted by Gasteiger charge is -2.09. The van der Waals surface area contributed by atoms with Crippen LogP contribution in [0.4, 0.5) is 18.9 Å². The largest absolute Gasteiger partial charge is 0.465 e. The Hall–Kier alpha value is -2.54. The van der Waals surface area contributed by atoms with Crippen LogP contribution in [0.1, 0.15) is 21.5 Å². The van der Waals surface area contributed by atoms with E-state index in [1.807, 2.05) is 0 Å². The van der Waals surface area contributed by atoms with Crippen LogP contribution in [0.3, 0.4) is 0 Å². The number of hydrazone groups is 1. The van der Waals surface area contributed by atoms with Crippen LogP contribution in [-0.4, -0.2) is 19.3 Å². The van der Waals surface area contributed by atoms with Gasteiger partial charge in [0.25, 0.3) is 0 Å². The number of carbonyl (C=O) groups excluding carboxylic acids is 1. The molecule has 0 bridgehead atoms. The van der Waals surface area contributed by atoms with E-state index in [0.717, 1.165) is 18.2 Å². The first-order valence-electron chi connectivity index (χ1n) is 6.65. The van der Waals surface area contributed by atoms with Gasteiger partial charge in [-0.3, -0.25) is 5.43 Å². The molecule has 2 aromatic rings. The van der Waals surface area contributed by atoms with Gasteiger partial charge >= 0.3 is 12.1 Å². The molecule has 0 atom stereocenters. The number of carbonyl (C=O) groups is 1. The van der Waals surface area contributed by atoms with Crippen LogP contribution in [0, 0.1) is 0 Å². The summed E-state index contributed by atoms with van der Waals surface area (Å²) in [5.41, 5.74) is 2.69. The third kappa shape index (κ3) is 4.48. The van der Waals surface area contributed by atoms with Crippen molar-refractivity contribution in [2.45, 2.75) is 6.18 Å². The number of anilines is 1. The maximum absolute atomic E-state index is 12.7. The average molecular weight is 357 g/mol. The minimum Gasteiger partial charge on any atom is -0.465 e. The summed E-state index contributed by atoms with van der Waals surface area (Å²) in [6.45, 7) is 0. The molecule has 0 saturated carbocycles. The normalized spacial score (nSPS) is 11.5. The molecule has 24 heavy (non-hydrogen) atoms. The number of rotatable bonds is 4. The van der Waals surface area contributed by atoms with E-state index in [1.165, 1.54) is 13.3 Å². The van der Waals surface area contributed by atoms with Gasteiger partial charge in [-0.25, -0.2) is 4.79 Å². The minimum atomic E-state index is -4.46. The first-order chi connectivity index (χ1) is 11.3. The first kappa shape index (κ1) is 17.8. The Labute approximate surface area is 140 Å². The third-order valence-corrected chi connectivity index (χ3v) is 3.35. The molecular formula is C16H12ClF3N2O2. The number of methoxy groups -OCH3 is 1. The zero-order valence-electron chi connectivity index (χ0n) is 12.4. The molecular weight excluding hydrogens is 345 g/mol. The Bertz CT molecular complexity index is 759. The lowest BCUT2D eigenvalue weighted by Crippen LogP contribution is -2.05. The maximum Gasteiger partial charge on any atom is 0.416 e. The van der Waals surface area contributed by atoms with E-state index in [9.17, 15) is 18.0 Å². The van der Waals surface area contributed by atoms with E-state index >= 15 is 0 Å². The Balaban J connectivity index is 2.10. The van der Waals surface area contributed by atoms with Gasteiger partial charge in [-0.15, -0.1) is 0 Å². The summed E-state index contributed by atoms with van der Waals surface area (Å²) in [5.74, 6) is -0.465. The number of esters is 1. The fourth-order valence-corrected chi connectivity index (χ4v) is 1.95. The van der Waals surface area contributed by atoms with Gasteiger partial charge in [0.05, 0.1) is 35.2 Å². The highest BCUT2D eigenvalue weighted by Gasteiger charge is 2.30. The highest BCUT2D eigenvalue weighted by molar-refractivity contribution is 6.33. The van der Waals surface area contributed by atoms with E-state index in [4.69, 9.17) is 11.6 Å². The Morgan fingerprint density at radius 2 is 1.88 bits per heavy atom. The van der Waals surface area contributed by atoms with Gasteiger partial charge in [-0.2, -0.15) is 18.3 Å². The van der Waals surface area contributed by atoms with E-state index in [2.05, 4.69) is 15.3 Å². The van der Waals surface area contributed by atoms with Crippen molar-refractivity contribution >= 4 is 29.5 Å². The number of hydrogen-bond donors (Lipinski definition) is 1. The summed E-state index contributed by atoms with van der Waals surface area (Å²) < 4.78 is 42.6. The summed E-state index contributed by atoms with van der Waals surface area (Å²) in [6, 6.07) is 9.24. The monoisotopic (exact) mass is 356 g/mol. The third-order valence-electron chi connectivity index (χ3n) is 3.02. The van der Waals surface area contributed by atoms with Crippen LogP contribution >= 0.6 is 11.6 Å². The maximum atomic E-state index is 12.7. The summed E-state index contributed by atoms with van der Waals surface area (Å²) in [4.78, 5) is 11.3. The second-order valence-corrected chi connectivity index (χ2v) is 5.08. The van der Waals surface area contributed by atoms with E-state index in [1.54, 1.807) is 24.3 Å². The van der Waals surface area contributed by atoms with Crippen LogP contribution < -0.4 is 5.43 Å². The number of benzene rings is 2. The van der Waals surface area contributed by atoms with Crippen molar-refractivity contribution in [1.29, 1.82) is 0 Å². The van der Waals surface area contributed by atoms with E-state index in [0.29, 0.717) is 11.1 Å². The molecule has 0 aliphatic heterocycles. The van der Waals surface area contributed by atoms with Crippen LogP contribution in [0.25, 0.3) is 0 Å². The quantitative estimate of drug-likeness (QED) is 0.495. The molecule has 126 valence electrons. The molecule has 0 aliphatic carbocycles. The molecule has 0 spiro atoms. The Morgan fingerprint density at radius 3 is 2.46 bits per heavy atom. The molecule has 0 saturated heterocycles. The van der Waals surface area contributed by atoms with Crippen LogP contribution in [0.2, 0.25) is 5.02 Å². The van der Waals surface area contributed by atoms with Crippen molar-refractivity contribution in [2.75, 3.05) is 12.5 Å². The predicted molar refractivity (Wildman–Crippen MR) is 85.5 cm³/mol. The predicted octanol–water partition coefficient (Wildman–Crippen LogP) is 4.59. The topological polar surface area (TPSA) is 50.7 Å². The molecule has 0 aromatic heterocycles. The van der Waals surface area contributed by atoms with Gasteiger partial charge in [0, 0.05) is 0 Å². The lowest BCUT2D eigenvalue weighted by atomic mass is 10.1. The number of nitrogens with one attached hydrogen (secondary N) is 1. The SMILES string of the molecule is COC(=O)c1ccc(/C=N/Nc2cc(C(F)(F)F)ccc2Cl)cc1. The fourth-order valence-electron chi connectivity index (χ4n) is 1.79. The van der Waals surface area contributed by atoms with Crippen LogP contribution in [0.5, 0.6) is 0 Å². The van der Waals surface area contributed by atoms with Crippen molar-refractivity contribution in [1.82, 2.24) is 0 Å². The summed E-state index contributed by atoms with van der Waals surface area (Å²) >= 11 is 5.84. The zero-order valence-corrected chi connectivity index (χ0v) is 13.2. The molecule has 0 heterocycles. The highest BCUT2D eigenvalue weighted by atomic mass is 35.5. The summed E-state index contributed by atoms with van der Waals surface area (Å²) in [5, 5.41) is 3.96. The second kappa shape index (κ2) is 7.35. The van der Waals surface area contributed by atoms with Crippen molar-refractivity contribution < 1.29 is 22.7 Å². The molecule has 0 amide bonds. The van der Waals surface area contributed by atoms with Gasteiger partial charge < -0.3 is 4.74 Å². The van der Waals surface area contributed by atoms with Crippen LogP contribution in [-0.2, 0) is 10.9 Å². The molecule has 8 heteroatoms. The highest BCUT2D eigenvalue weighted by Crippen LogP contribution is 2.33. The molecule has 0 unspecified atom stereocenters. The number of halogens is 4. The number of nitrogens with zero attached hydrogens (tertiary/aromatic N) is 1. The average Bonchev–Trinajstić information content (AvgIpc) is 2.55. The smallest absolute Gasteiger partial charge is 0.416 e.